The summed E-state index contributed by atoms with van der Waals surface area (Å²) in [5, 5.41) is 4.18. The van der Waals surface area contributed by atoms with Crippen molar-refractivity contribution in [3.8, 4) is 0 Å². The molecule has 1 N–H and O–H groups in total. The highest BCUT2D eigenvalue weighted by Crippen LogP contribution is 2.16. The van der Waals surface area contributed by atoms with E-state index in [-0.39, 0.29) is 0 Å². The number of nitrogens with one attached hydrogen (secondary N) is 1. The number of nitrogens with zero attached hydrogens (tertiary/aromatic N) is 3. The summed E-state index contributed by atoms with van der Waals surface area (Å²) >= 11 is 0. The fraction of sp³-hybridized carbons (Fsp3) is 0.250. The lowest BCUT2D eigenvalue weighted by atomic mass is 10.2. The Morgan fingerprint density at radius 2 is 1.90 bits per heavy atom. The van der Waals surface area contributed by atoms with Crippen LogP contribution in [0.4, 0.5) is 11.5 Å². The number of hydrogen-bond donors (Lipinski definition) is 1. The first-order valence-corrected chi connectivity index (χ1v) is 7.05. The maximum absolute atomic E-state index is 5.36. The lowest BCUT2D eigenvalue weighted by molar-refractivity contribution is 0.122. The van der Waals surface area contributed by atoms with E-state index in [1.54, 1.807) is 12.4 Å². The van der Waals surface area contributed by atoms with Crippen molar-refractivity contribution in [3.05, 3.63) is 54.2 Å². The molecule has 108 valence electrons. The average Bonchev–Trinajstić information content (AvgIpc) is 2.57. The summed E-state index contributed by atoms with van der Waals surface area (Å²) in [6, 6.07) is 14.0. The van der Waals surface area contributed by atoms with Gasteiger partial charge < -0.3 is 9.64 Å². The molecule has 0 spiro atoms. The molecule has 2 heterocycles. The highest BCUT2D eigenvalue weighted by atomic mass is 16.5. The van der Waals surface area contributed by atoms with E-state index in [1.165, 1.54) is 5.69 Å². The van der Waals surface area contributed by atoms with Crippen molar-refractivity contribution in [2.75, 3.05) is 36.6 Å². The summed E-state index contributed by atoms with van der Waals surface area (Å²) < 4.78 is 5.36. The number of aromatic nitrogens is 1. The zero-order valence-corrected chi connectivity index (χ0v) is 11.8. The zero-order chi connectivity index (χ0) is 14.3. The van der Waals surface area contributed by atoms with Crippen molar-refractivity contribution in [3.63, 3.8) is 0 Å². The molecule has 1 aliphatic heterocycles. The molecule has 5 heteroatoms. The van der Waals surface area contributed by atoms with Gasteiger partial charge in [-0.05, 0) is 29.8 Å². The van der Waals surface area contributed by atoms with Gasteiger partial charge in [-0.1, -0.05) is 18.2 Å². The van der Waals surface area contributed by atoms with Gasteiger partial charge in [-0.25, -0.2) is 4.98 Å². The highest BCUT2D eigenvalue weighted by Gasteiger charge is 2.10. The SMILES string of the molecule is C(=NNc1ccccn1)c1ccc(N2CCOCC2)cc1. The standard InChI is InChI=1S/C16H18N4O/c1-2-8-17-16(3-1)19-18-13-14-4-6-15(7-5-14)20-9-11-21-12-10-20/h1-8,13H,9-12H2,(H,17,19). The van der Waals surface area contributed by atoms with Gasteiger partial charge in [0, 0.05) is 25.0 Å². The van der Waals surface area contributed by atoms with Crippen LogP contribution in [-0.4, -0.2) is 37.5 Å². The van der Waals surface area contributed by atoms with Crippen molar-refractivity contribution < 1.29 is 4.74 Å². The highest BCUT2D eigenvalue weighted by molar-refractivity contribution is 5.80. The fourth-order valence-electron chi connectivity index (χ4n) is 2.19. The number of benzene rings is 1. The van der Waals surface area contributed by atoms with Crippen LogP contribution in [0.1, 0.15) is 5.56 Å². The monoisotopic (exact) mass is 282 g/mol. The van der Waals surface area contributed by atoms with Crippen LogP contribution in [0.15, 0.2) is 53.8 Å². The third kappa shape index (κ3) is 3.79. The van der Waals surface area contributed by atoms with Gasteiger partial charge in [-0.2, -0.15) is 5.10 Å². The number of ether oxygens (including phenoxy) is 1. The van der Waals surface area contributed by atoms with Crippen LogP contribution in [0.25, 0.3) is 0 Å². The van der Waals surface area contributed by atoms with E-state index in [1.807, 2.05) is 18.2 Å². The van der Waals surface area contributed by atoms with E-state index in [2.05, 4.69) is 44.7 Å². The molecule has 1 aliphatic rings. The van der Waals surface area contributed by atoms with Gasteiger partial charge in [0.25, 0.3) is 0 Å². The van der Waals surface area contributed by atoms with E-state index in [9.17, 15) is 0 Å². The first kappa shape index (κ1) is 13.6. The normalized spacial score (nSPS) is 15.3. The van der Waals surface area contributed by atoms with Gasteiger partial charge in [0.2, 0.25) is 0 Å². The minimum Gasteiger partial charge on any atom is -0.378 e. The summed E-state index contributed by atoms with van der Waals surface area (Å²) in [4.78, 5) is 6.47. The molecule has 0 bridgehead atoms. The number of hydrogen-bond acceptors (Lipinski definition) is 5. The topological polar surface area (TPSA) is 49.8 Å². The van der Waals surface area contributed by atoms with E-state index < -0.39 is 0 Å². The van der Waals surface area contributed by atoms with Crippen LogP contribution in [0.3, 0.4) is 0 Å². The molecule has 5 nitrogen and oxygen atoms in total. The molecule has 1 saturated heterocycles. The summed E-state index contributed by atoms with van der Waals surface area (Å²) in [5.74, 6) is 0.735. The van der Waals surface area contributed by atoms with Gasteiger partial charge in [0.05, 0.1) is 19.4 Å². The van der Waals surface area contributed by atoms with E-state index in [0.29, 0.717) is 0 Å². The smallest absolute Gasteiger partial charge is 0.146 e. The molecule has 21 heavy (non-hydrogen) atoms. The Morgan fingerprint density at radius 3 is 2.62 bits per heavy atom. The third-order valence-electron chi connectivity index (χ3n) is 3.33. The maximum Gasteiger partial charge on any atom is 0.146 e. The Hall–Kier alpha value is -2.40. The van der Waals surface area contributed by atoms with Crippen molar-refractivity contribution in [2.45, 2.75) is 0 Å². The molecule has 1 aromatic carbocycles. The Balaban J connectivity index is 1.59. The Bertz CT molecular complexity index is 577. The van der Waals surface area contributed by atoms with E-state index in [0.717, 1.165) is 37.7 Å². The first-order valence-electron chi connectivity index (χ1n) is 7.05. The Morgan fingerprint density at radius 1 is 1.10 bits per heavy atom. The number of anilines is 2. The third-order valence-corrected chi connectivity index (χ3v) is 3.33. The molecule has 0 unspecified atom stereocenters. The minimum atomic E-state index is 0.735. The number of rotatable bonds is 4. The molecule has 1 aromatic heterocycles. The van der Waals surface area contributed by atoms with Crippen LogP contribution in [0, 0.1) is 0 Å². The summed E-state index contributed by atoms with van der Waals surface area (Å²) in [5.41, 5.74) is 5.18. The molecule has 0 radical (unpaired) electrons. The first-order chi connectivity index (χ1) is 10.4. The van der Waals surface area contributed by atoms with Crippen molar-refractivity contribution in [1.82, 2.24) is 4.98 Å². The van der Waals surface area contributed by atoms with Gasteiger partial charge in [-0.3, -0.25) is 5.43 Å². The van der Waals surface area contributed by atoms with Crippen molar-refractivity contribution in [1.29, 1.82) is 0 Å². The van der Waals surface area contributed by atoms with Crippen LogP contribution in [0.5, 0.6) is 0 Å². The maximum atomic E-state index is 5.36. The van der Waals surface area contributed by atoms with Crippen LogP contribution < -0.4 is 10.3 Å². The molecule has 3 rings (SSSR count). The van der Waals surface area contributed by atoms with Crippen molar-refractivity contribution >= 4 is 17.7 Å². The quantitative estimate of drug-likeness (QED) is 0.691. The molecule has 0 atom stereocenters. The number of morpholine rings is 1. The molecule has 1 fully saturated rings. The van der Waals surface area contributed by atoms with E-state index in [4.69, 9.17) is 4.74 Å². The summed E-state index contributed by atoms with van der Waals surface area (Å²) in [7, 11) is 0. The molecule has 0 aliphatic carbocycles. The predicted octanol–water partition coefficient (Wildman–Crippen LogP) is 2.36. The molecular formula is C16H18N4O. The molecule has 0 saturated carbocycles. The summed E-state index contributed by atoms with van der Waals surface area (Å²) in [6.07, 6.45) is 3.52. The number of pyridine rings is 1. The van der Waals surface area contributed by atoms with Gasteiger partial charge in [0.1, 0.15) is 5.82 Å². The number of hydrazone groups is 1. The zero-order valence-electron chi connectivity index (χ0n) is 11.8. The second-order valence-electron chi connectivity index (χ2n) is 4.78. The van der Waals surface area contributed by atoms with E-state index >= 15 is 0 Å². The second-order valence-corrected chi connectivity index (χ2v) is 4.78. The molecule has 2 aromatic rings. The van der Waals surface area contributed by atoms with Crippen LogP contribution in [-0.2, 0) is 4.74 Å². The molecular weight excluding hydrogens is 264 g/mol. The van der Waals surface area contributed by atoms with Gasteiger partial charge in [0.15, 0.2) is 0 Å². The minimum absolute atomic E-state index is 0.735. The average molecular weight is 282 g/mol. The Labute approximate surface area is 124 Å². The molecule has 0 amide bonds. The van der Waals surface area contributed by atoms with Crippen molar-refractivity contribution in [2.24, 2.45) is 5.10 Å². The largest absolute Gasteiger partial charge is 0.378 e. The lowest BCUT2D eigenvalue weighted by Crippen LogP contribution is -2.36. The Kier molecular flexibility index (Phi) is 4.43. The van der Waals surface area contributed by atoms with Crippen LogP contribution in [0.2, 0.25) is 0 Å². The fourth-order valence-corrected chi connectivity index (χ4v) is 2.19. The van der Waals surface area contributed by atoms with Crippen LogP contribution >= 0.6 is 0 Å². The lowest BCUT2D eigenvalue weighted by Gasteiger charge is -2.28. The van der Waals surface area contributed by atoms with Gasteiger partial charge >= 0.3 is 0 Å². The summed E-state index contributed by atoms with van der Waals surface area (Å²) in [6.45, 7) is 3.51. The van der Waals surface area contributed by atoms with Gasteiger partial charge in [-0.15, -0.1) is 0 Å². The second kappa shape index (κ2) is 6.85. The predicted molar refractivity (Wildman–Crippen MR) is 84.9 cm³/mol.